The molecule has 4 aliphatic rings. The molecule has 0 unspecified atom stereocenters. The van der Waals surface area contributed by atoms with Crippen LogP contribution in [0.5, 0.6) is 0 Å². The smallest absolute Gasteiger partial charge is 0.0607 e. The lowest BCUT2D eigenvalue weighted by atomic mass is 9.85. The highest BCUT2D eigenvalue weighted by atomic mass is 15.2. The van der Waals surface area contributed by atoms with Gasteiger partial charge in [-0.15, -0.1) is 0 Å². The monoisotopic (exact) mass is 472 g/mol. The second-order valence-corrected chi connectivity index (χ2v) is 11.7. The van der Waals surface area contributed by atoms with Crippen molar-refractivity contribution in [2.75, 3.05) is 31.1 Å². The molecule has 4 nitrogen and oxygen atoms in total. The number of pyridine rings is 1. The fourth-order valence-electron chi connectivity index (χ4n) is 7.41. The van der Waals surface area contributed by atoms with E-state index < -0.39 is 0 Å². The van der Waals surface area contributed by atoms with Crippen LogP contribution in [0, 0.1) is 5.92 Å². The maximum absolute atomic E-state index is 4.95. The zero-order valence-electron chi connectivity index (χ0n) is 21.6. The lowest BCUT2D eigenvalue weighted by Crippen LogP contribution is -2.48. The molecule has 0 radical (unpaired) electrons. The van der Waals surface area contributed by atoms with Crippen molar-refractivity contribution in [1.82, 2.24) is 15.2 Å². The minimum absolute atomic E-state index is 0.488. The number of anilines is 1. The average molecular weight is 473 g/mol. The first-order valence-electron chi connectivity index (χ1n) is 14.6. The number of hydrogen-bond acceptors (Lipinski definition) is 4. The van der Waals surface area contributed by atoms with Crippen molar-refractivity contribution in [3.05, 3.63) is 58.9 Å². The molecule has 2 atom stereocenters. The van der Waals surface area contributed by atoms with Crippen LogP contribution in [0.1, 0.15) is 92.6 Å². The van der Waals surface area contributed by atoms with Gasteiger partial charge in [-0.1, -0.05) is 37.5 Å². The summed E-state index contributed by atoms with van der Waals surface area (Å²) in [5, 5.41) is 3.96. The highest BCUT2D eigenvalue weighted by molar-refractivity contribution is 5.58. The Labute approximate surface area is 212 Å². The number of benzene rings is 1. The highest BCUT2D eigenvalue weighted by Crippen LogP contribution is 2.36. The summed E-state index contributed by atoms with van der Waals surface area (Å²) in [7, 11) is 0. The molecule has 1 saturated carbocycles. The van der Waals surface area contributed by atoms with Crippen molar-refractivity contribution in [3.8, 4) is 0 Å². The highest BCUT2D eigenvalue weighted by Gasteiger charge is 2.32. The van der Waals surface area contributed by atoms with Crippen molar-refractivity contribution < 1.29 is 0 Å². The second kappa shape index (κ2) is 11.0. The predicted molar refractivity (Wildman–Crippen MR) is 145 cm³/mol. The molecular formula is C31H44N4. The van der Waals surface area contributed by atoms with Gasteiger partial charge in [0.1, 0.15) is 0 Å². The van der Waals surface area contributed by atoms with Gasteiger partial charge in [-0.25, -0.2) is 0 Å². The zero-order valence-corrected chi connectivity index (χ0v) is 21.6. The van der Waals surface area contributed by atoms with Gasteiger partial charge < -0.3 is 10.2 Å². The molecule has 1 saturated heterocycles. The number of nitrogens with zero attached hydrogens (tertiary/aromatic N) is 3. The first kappa shape index (κ1) is 23.5. The Morgan fingerprint density at radius 2 is 1.69 bits per heavy atom. The Balaban J connectivity index is 1.23. The van der Waals surface area contributed by atoms with E-state index in [9.17, 15) is 0 Å². The summed E-state index contributed by atoms with van der Waals surface area (Å²) in [6, 6.07) is 12.5. The van der Waals surface area contributed by atoms with Gasteiger partial charge in [-0.2, -0.15) is 0 Å². The molecule has 2 aliphatic heterocycles. The number of fused-ring (bicyclic) bond motifs is 2. The minimum Gasteiger partial charge on any atom is -0.371 e. The van der Waals surface area contributed by atoms with Crippen molar-refractivity contribution >= 4 is 5.69 Å². The van der Waals surface area contributed by atoms with Crippen molar-refractivity contribution in [3.63, 3.8) is 0 Å². The van der Waals surface area contributed by atoms with E-state index in [2.05, 4.69) is 45.4 Å². The van der Waals surface area contributed by atoms with E-state index in [1.165, 1.54) is 113 Å². The van der Waals surface area contributed by atoms with E-state index in [4.69, 9.17) is 4.98 Å². The van der Waals surface area contributed by atoms with Crippen LogP contribution in [-0.2, 0) is 19.4 Å². The third-order valence-electron chi connectivity index (χ3n) is 9.26. The summed E-state index contributed by atoms with van der Waals surface area (Å²) in [6.45, 7) is 5.86. The van der Waals surface area contributed by atoms with Gasteiger partial charge in [0.25, 0.3) is 0 Å². The van der Waals surface area contributed by atoms with Crippen LogP contribution in [-0.4, -0.2) is 42.1 Å². The molecule has 1 N–H and O–H groups in total. The number of aryl methyl sites for hydroxylation is 1. The average Bonchev–Trinajstić information content (AvgIpc) is 2.93. The maximum atomic E-state index is 4.95. The molecule has 0 spiro atoms. The predicted octanol–water partition coefficient (Wildman–Crippen LogP) is 6.05. The maximum Gasteiger partial charge on any atom is 0.0607 e. The quantitative estimate of drug-likeness (QED) is 0.555. The lowest BCUT2D eigenvalue weighted by Gasteiger charge is -2.41. The van der Waals surface area contributed by atoms with E-state index in [-0.39, 0.29) is 0 Å². The van der Waals surface area contributed by atoms with E-state index >= 15 is 0 Å². The topological polar surface area (TPSA) is 31.4 Å². The molecule has 4 heteroatoms. The van der Waals surface area contributed by atoms with Gasteiger partial charge in [0, 0.05) is 50.6 Å². The molecule has 2 fully saturated rings. The molecule has 188 valence electrons. The Hall–Kier alpha value is -1.91. The normalized spacial score (nSPS) is 25.3. The Kier molecular flexibility index (Phi) is 7.38. The summed E-state index contributed by atoms with van der Waals surface area (Å²) >= 11 is 0. The summed E-state index contributed by atoms with van der Waals surface area (Å²) in [4.78, 5) is 10.5. The third kappa shape index (κ3) is 5.29. The van der Waals surface area contributed by atoms with Gasteiger partial charge in [0.15, 0.2) is 0 Å². The fraction of sp³-hybridized carbons (Fsp3) is 0.645. The minimum atomic E-state index is 0.488. The molecule has 0 amide bonds. The summed E-state index contributed by atoms with van der Waals surface area (Å²) < 4.78 is 0. The van der Waals surface area contributed by atoms with E-state index in [1.807, 2.05) is 6.20 Å². The van der Waals surface area contributed by atoms with Crippen LogP contribution >= 0.6 is 0 Å². The van der Waals surface area contributed by atoms with Gasteiger partial charge in [0.2, 0.25) is 0 Å². The lowest BCUT2D eigenvalue weighted by molar-refractivity contribution is 0.117. The standard InChI is InChI=1S/C31H44N4/c1-3-10-24(11-4-1)22-35(30-16-7-12-25-14-9-17-32-31(25)30)23-27-20-28-26(21-33-27)13-8-15-29(28)34-18-5-2-6-19-34/h8-9,13-15,17,24,27,30,33H,1-7,10-12,16,18-23H2/t27-,30-/m0/s1. The summed E-state index contributed by atoms with van der Waals surface area (Å²) in [6.07, 6.45) is 18.1. The van der Waals surface area contributed by atoms with Crippen molar-refractivity contribution in [2.45, 2.75) is 95.7 Å². The summed E-state index contributed by atoms with van der Waals surface area (Å²) in [5.41, 5.74) is 7.54. The van der Waals surface area contributed by atoms with E-state index in [0.717, 1.165) is 25.4 Å². The third-order valence-corrected chi connectivity index (χ3v) is 9.26. The number of aromatic nitrogens is 1. The van der Waals surface area contributed by atoms with E-state index in [0.29, 0.717) is 12.1 Å². The summed E-state index contributed by atoms with van der Waals surface area (Å²) in [5.74, 6) is 0.859. The Morgan fingerprint density at radius 1 is 0.857 bits per heavy atom. The molecule has 3 heterocycles. The zero-order chi connectivity index (χ0) is 23.5. The molecule has 35 heavy (non-hydrogen) atoms. The Bertz CT molecular complexity index is 976. The molecule has 2 aliphatic carbocycles. The number of rotatable bonds is 6. The van der Waals surface area contributed by atoms with Crippen LogP contribution in [0.2, 0.25) is 0 Å². The van der Waals surface area contributed by atoms with E-state index in [1.54, 1.807) is 5.56 Å². The van der Waals surface area contributed by atoms with Crippen LogP contribution in [0.15, 0.2) is 36.5 Å². The van der Waals surface area contributed by atoms with Gasteiger partial charge in [-0.05, 0) is 92.5 Å². The second-order valence-electron chi connectivity index (χ2n) is 11.7. The molecular weight excluding hydrogens is 428 g/mol. The SMILES string of the molecule is c1cnc2c(c1)CCC[C@@H]2N(CC1CCCCC1)C[C@@H]1Cc2c(cccc2N2CCCCC2)CN1. The molecule has 1 aromatic heterocycles. The Morgan fingerprint density at radius 3 is 2.57 bits per heavy atom. The number of piperidine rings is 1. The number of nitrogens with one attached hydrogen (secondary N) is 1. The van der Waals surface area contributed by atoms with Crippen LogP contribution in [0.25, 0.3) is 0 Å². The van der Waals surface area contributed by atoms with Crippen LogP contribution < -0.4 is 10.2 Å². The number of hydrogen-bond donors (Lipinski definition) is 1. The first-order valence-corrected chi connectivity index (χ1v) is 14.6. The first-order chi connectivity index (χ1) is 17.3. The fourth-order valence-corrected chi connectivity index (χ4v) is 7.41. The van der Waals surface area contributed by atoms with Crippen molar-refractivity contribution in [1.29, 1.82) is 0 Å². The molecule has 6 rings (SSSR count). The van der Waals surface area contributed by atoms with Crippen LogP contribution in [0.3, 0.4) is 0 Å². The van der Waals surface area contributed by atoms with Crippen molar-refractivity contribution in [2.24, 2.45) is 5.92 Å². The molecule has 2 aromatic rings. The van der Waals surface area contributed by atoms with Gasteiger partial charge in [0.05, 0.1) is 11.7 Å². The van der Waals surface area contributed by atoms with Crippen LogP contribution in [0.4, 0.5) is 5.69 Å². The molecule has 0 bridgehead atoms. The van der Waals surface area contributed by atoms with Gasteiger partial charge in [-0.3, -0.25) is 9.88 Å². The molecule has 1 aromatic carbocycles. The van der Waals surface area contributed by atoms with Gasteiger partial charge >= 0.3 is 0 Å². The largest absolute Gasteiger partial charge is 0.371 e.